The normalized spacial score (nSPS) is 10.4. The van der Waals surface area contributed by atoms with Crippen LogP contribution < -0.4 is 10.1 Å². The summed E-state index contributed by atoms with van der Waals surface area (Å²) in [6.45, 7) is 0.483. The minimum Gasteiger partial charge on any atom is -0.450 e. The number of nitrogens with one attached hydrogen (secondary N) is 1. The summed E-state index contributed by atoms with van der Waals surface area (Å²) in [6.07, 6.45) is 0. The van der Waals surface area contributed by atoms with Gasteiger partial charge < -0.3 is 10.1 Å². The van der Waals surface area contributed by atoms with Gasteiger partial charge in [-0.1, -0.05) is 29.3 Å². The number of ether oxygens (including phenoxy) is 1. The Hall–Kier alpha value is -1.82. The topological polar surface area (TPSA) is 64.4 Å². The molecule has 0 bridgehead atoms. The van der Waals surface area contributed by atoms with Crippen LogP contribution in [0, 0.1) is 10.1 Å². The van der Waals surface area contributed by atoms with Crippen LogP contribution in [0.5, 0.6) is 11.5 Å². The molecule has 0 aliphatic heterocycles. The average Bonchev–Trinajstić information content (AvgIpc) is 2.44. The van der Waals surface area contributed by atoms with Gasteiger partial charge >= 0.3 is 5.69 Å². The van der Waals surface area contributed by atoms with Gasteiger partial charge in [0.15, 0.2) is 0 Å². The van der Waals surface area contributed by atoms with Crippen LogP contribution in [0.1, 0.15) is 5.56 Å². The van der Waals surface area contributed by atoms with Gasteiger partial charge in [0.1, 0.15) is 5.75 Å². The Morgan fingerprint density at radius 1 is 1.24 bits per heavy atom. The average molecular weight is 327 g/mol. The van der Waals surface area contributed by atoms with Crippen molar-refractivity contribution in [3.05, 3.63) is 62.1 Å². The van der Waals surface area contributed by atoms with Crippen molar-refractivity contribution in [1.82, 2.24) is 5.32 Å². The second-order valence-electron chi connectivity index (χ2n) is 4.22. The third-order valence-corrected chi connectivity index (χ3v) is 3.36. The monoisotopic (exact) mass is 326 g/mol. The molecule has 0 unspecified atom stereocenters. The smallest absolute Gasteiger partial charge is 0.313 e. The summed E-state index contributed by atoms with van der Waals surface area (Å²) in [4.78, 5) is 10.5. The highest BCUT2D eigenvalue weighted by Gasteiger charge is 2.18. The van der Waals surface area contributed by atoms with E-state index in [1.165, 1.54) is 18.2 Å². The highest BCUT2D eigenvalue weighted by molar-refractivity contribution is 6.31. The van der Waals surface area contributed by atoms with Crippen LogP contribution in [0.3, 0.4) is 0 Å². The summed E-state index contributed by atoms with van der Waals surface area (Å²) in [5.41, 5.74) is 0.531. The number of hydrogen-bond acceptors (Lipinski definition) is 4. The summed E-state index contributed by atoms with van der Waals surface area (Å²) in [5, 5.41) is 14.8. The summed E-state index contributed by atoms with van der Waals surface area (Å²) in [5.74, 6) is 0.575. The fourth-order valence-corrected chi connectivity index (χ4v) is 2.22. The van der Waals surface area contributed by atoms with E-state index in [4.69, 9.17) is 27.9 Å². The van der Waals surface area contributed by atoms with E-state index >= 15 is 0 Å². The Labute approximate surface area is 131 Å². The first kappa shape index (κ1) is 15.6. The van der Waals surface area contributed by atoms with Crippen molar-refractivity contribution in [2.24, 2.45) is 0 Å². The SMILES string of the molecule is CNCc1c(Cl)cccc1Oc1ccc(Cl)cc1[N+](=O)[O-]. The van der Waals surface area contributed by atoms with Gasteiger partial charge in [0.25, 0.3) is 0 Å². The van der Waals surface area contributed by atoms with Crippen molar-refractivity contribution in [3.63, 3.8) is 0 Å². The van der Waals surface area contributed by atoms with Gasteiger partial charge in [-0.3, -0.25) is 10.1 Å². The molecule has 0 aromatic heterocycles. The van der Waals surface area contributed by atoms with Gasteiger partial charge in [-0.05, 0) is 31.3 Å². The lowest BCUT2D eigenvalue weighted by Crippen LogP contribution is -2.07. The predicted molar refractivity (Wildman–Crippen MR) is 82.4 cm³/mol. The van der Waals surface area contributed by atoms with Crippen LogP contribution in [-0.2, 0) is 6.54 Å². The maximum Gasteiger partial charge on any atom is 0.313 e. The first-order chi connectivity index (χ1) is 10.0. The molecule has 0 saturated heterocycles. The lowest BCUT2D eigenvalue weighted by atomic mass is 10.2. The quantitative estimate of drug-likeness (QED) is 0.652. The number of rotatable bonds is 5. The van der Waals surface area contributed by atoms with E-state index < -0.39 is 4.92 Å². The molecular formula is C14H12Cl2N2O3. The summed E-state index contributed by atoms with van der Waals surface area (Å²) in [7, 11) is 1.78. The van der Waals surface area contributed by atoms with Crippen LogP contribution in [0.4, 0.5) is 5.69 Å². The van der Waals surface area contributed by atoms with Gasteiger partial charge in [-0.25, -0.2) is 0 Å². The van der Waals surface area contributed by atoms with E-state index in [1.54, 1.807) is 25.2 Å². The molecule has 7 heteroatoms. The highest BCUT2D eigenvalue weighted by atomic mass is 35.5. The van der Waals surface area contributed by atoms with Crippen LogP contribution in [0.25, 0.3) is 0 Å². The molecule has 0 heterocycles. The Bertz CT molecular complexity index is 677. The molecule has 2 aromatic rings. The number of halogens is 2. The van der Waals surface area contributed by atoms with Crippen LogP contribution in [0.2, 0.25) is 10.0 Å². The highest BCUT2D eigenvalue weighted by Crippen LogP contribution is 2.36. The van der Waals surface area contributed by atoms with Gasteiger partial charge in [0.05, 0.1) is 4.92 Å². The second kappa shape index (κ2) is 6.76. The van der Waals surface area contributed by atoms with E-state index in [2.05, 4.69) is 5.32 Å². The largest absolute Gasteiger partial charge is 0.450 e. The molecule has 5 nitrogen and oxygen atoms in total. The van der Waals surface area contributed by atoms with E-state index in [0.29, 0.717) is 17.3 Å². The molecule has 21 heavy (non-hydrogen) atoms. The maximum absolute atomic E-state index is 11.1. The van der Waals surface area contributed by atoms with Gasteiger partial charge in [0, 0.05) is 28.2 Å². The van der Waals surface area contributed by atoms with E-state index in [0.717, 1.165) is 5.56 Å². The minimum atomic E-state index is -0.538. The van der Waals surface area contributed by atoms with Crippen LogP contribution >= 0.6 is 23.2 Å². The number of nitro benzene ring substituents is 1. The first-order valence-electron chi connectivity index (χ1n) is 6.06. The maximum atomic E-state index is 11.1. The zero-order valence-electron chi connectivity index (χ0n) is 11.1. The molecule has 0 spiro atoms. The molecule has 1 N–H and O–H groups in total. The van der Waals surface area contributed by atoms with Gasteiger partial charge in [-0.15, -0.1) is 0 Å². The summed E-state index contributed by atoms with van der Waals surface area (Å²) >= 11 is 11.9. The molecule has 2 aromatic carbocycles. The van der Waals surface area contributed by atoms with Crippen molar-refractivity contribution in [3.8, 4) is 11.5 Å². The van der Waals surface area contributed by atoms with Crippen molar-refractivity contribution in [1.29, 1.82) is 0 Å². The van der Waals surface area contributed by atoms with E-state index in [-0.39, 0.29) is 16.5 Å². The van der Waals surface area contributed by atoms with Gasteiger partial charge in [0.2, 0.25) is 5.75 Å². The molecule has 0 aliphatic rings. The van der Waals surface area contributed by atoms with Crippen molar-refractivity contribution in [2.75, 3.05) is 7.05 Å². The molecule has 0 fully saturated rings. The van der Waals surface area contributed by atoms with Crippen molar-refractivity contribution < 1.29 is 9.66 Å². The molecule has 110 valence electrons. The number of nitrogens with zero attached hydrogens (tertiary/aromatic N) is 1. The zero-order valence-corrected chi connectivity index (χ0v) is 12.6. The Morgan fingerprint density at radius 3 is 2.67 bits per heavy atom. The lowest BCUT2D eigenvalue weighted by molar-refractivity contribution is -0.385. The molecular weight excluding hydrogens is 315 g/mol. The van der Waals surface area contributed by atoms with E-state index in [1.807, 2.05) is 0 Å². The standard InChI is InChI=1S/C14H12Cl2N2O3/c1-17-8-10-11(16)3-2-4-13(10)21-14-6-5-9(15)7-12(14)18(19)20/h2-7,17H,8H2,1H3. The zero-order chi connectivity index (χ0) is 15.4. The number of benzene rings is 2. The van der Waals surface area contributed by atoms with Crippen LogP contribution in [0.15, 0.2) is 36.4 Å². The third kappa shape index (κ3) is 3.64. The lowest BCUT2D eigenvalue weighted by Gasteiger charge is -2.12. The van der Waals surface area contributed by atoms with Crippen LogP contribution in [-0.4, -0.2) is 12.0 Å². The second-order valence-corrected chi connectivity index (χ2v) is 5.06. The molecule has 0 atom stereocenters. The van der Waals surface area contributed by atoms with Crippen molar-refractivity contribution >= 4 is 28.9 Å². The van der Waals surface area contributed by atoms with E-state index in [9.17, 15) is 10.1 Å². The molecule has 0 radical (unpaired) electrons. The summed E-state index contributed by atoms with van der Waals surface area (Å²) < 4.78 is 5.67. The Kier molecular flexibility index (Phi) is 5.01. The fraction of sp³-hybridized carbons (Fsp3) is 0.143. The number of nitro groups is 1. The summed E-state index contributed by atoms with van der Waals surface area (Å²) in [6, 6.07) is 9.41. The molecule has 2 rings (SSSR count). The third-order valence-electron chi connectivity index (χ3n) is 2.77. The fourth-order valence-electron chi connectivity index (χ4n) is 1.82. The minimum absolute atomic E-state index is 0.115. The molecule has 0 aliphatic carbocycles. The number of hydrogen-bond donors (Lipinski definition) is 1. The molecule has 0 amide bonds. The van der Waals surface area contributed by atoms with Crippen molar-refractivity contribution in [2.45, 2.75) is 6.54 Å². The Balaban J connectivity index is 2.43. The van der Waals surface area contributed by atoms with Gasteiger partial charge in [-0.2, -0.15) is 0 Å². The molecule has 0 saturated carbocycles. The first-order valence-corrected chi connectivity index (χ1v) is 6.82. The predicted octanol–water partition coefficient (Wildman–Crippen LogP) is 4.41. The Morgan fingerprint density at radius 2 is 2.00 bits per heavy atom.